The van der Waals surface area contributed by atoms with E-state index in [4.69, 9.17) is 0 Å². The topological polar surface area (TPSA) is 67.0 Å². The Morgan fingerprint density at radius 3 is 2.66 bits per heavy atom. The molecule has 0 radical (unpaired) electrons. The van der Waals surface area contributed by atoms with Gasteiger partial charge in [-0.15, -0.1) is 5.10 Å². The van der Waals surface area contributed by atoms with E-state index in [9.17, 15) is 0 Å². The number of hydrogen-bond acceptors (Lipinski definition) is 4. The van der Waals surface area contributed by atoms with Gasteiger partial charge < -0.3 is 4.98 Å². The summed E-state index contributed by atoms with van der Waals surface area (Å²) in [5, 5.41) is 14.2. The van der Waals surface area contributed by atoms with E-state index in [1.165, 1.54) is 46.1 Å². The molecule has 5 heterocycles. The number of fused-ring (bicyclic) bond motifs is 2. The molecule has 0 saturated carbocycles. The Bertz CT molecular complexity index is 1490. The maximum absolute atomic E-state index is 4.55. The molecule has 1 aliphatic heterocycles. The Hall–Kier alpha value is -3.45. The summed E-state index contributed by atoms with van der Waals surface area (Å²) in [6.45, 7) is 9.85. The van der Waals surface area contributed by atoms with Crippen molar-refractivity contribution in [3.63, 3.8) is 0 Å². The summed E-state index contributed by atoms with van der Waals surface area (Å²) in [7, 11) is 1.98. The van der Waals surface area contributed by atoms with Crippen LogP contribution in [-0.4, -0.2) is 47.6 Å². The summed E-state index contributed by atoms with van der Waals surface area (Å²) >= 11 is 0. The first-order valence-electron chi connectivity index (χ1n) is 12.6. The van der Waals surface area contributed by atoms with Crippen LogP contribution in [0.3, 0.4) is 0 Å². The third kappa shape index (κ3) is 4.04. The zero-order valence-corrected chi connectivity index (χ0v) is 21.0. The molecular weight excluding hydrogens is 434 g/mol. The maximum Gasteiger partial charge on any atom is 0.0874 e. The van der Waals surface area contributed by atoms with Crippen LogP contribution in [0.4, 0.5) is 0 Å². The fraction of sp³-hybridized carbons (Fsp3) is 0.393. The molecule has 7 heteroatoms. The van der Waals surface area contributed by atoms with E-state index in [0.717, 1.165) is 36.5 Å². The molecule has 4 aromatic heterocycles. The van der Waals surface area contributed by atoms with Crippen LogP contribution in [0.15, 0.2) is 48.8 Å². The Morgan fingerprint density at radius 1 is 1.09 bits per heavy atom. The number of piperidine rings is 1. The first-order chi connectivity index (χ1) is 17.0. The van der Waals surface area contributed by atoms with Gasteiger partial charge in [0.15, 0.2) is 0 Å². The first-order valence-corrected chi connectivity index (χ1v) is 12.6. The third-order valence-electron chi connectivity index (χ3n) is 7.52. The van der Waals surface area contributed by atoms with Gasteiger partial charge in [-0.05, 0) is 86.1 Å². The second kappa shape index (κ2) is 8.64. The number of aryl methyl sites for hydroxylation is 2. The summed E-state index contributed by atoms with van der Waals surface area (Å²) in [6, 6.07) is 13.6. The quantitative estimate of drug-likeness (QED) is 0.375. The minimum atomic E-state index is 0.411. The number of nitrogens with one attached hydrogen (secondary N) is 1. The maximum atomic E-state index is 4.55. The van der Waals surface area contributed by atoms with Crippen molar-refractivity contribution in [1.82, 2.24) is 34.5 Å². The Kier molecular flexibility index (Phi) is 5.44. The van der Waals surface area contributed by atoms with Gasteiger partial charge in [0.05, 0.1) is 23.1 Å². The molecule has 0 amide bonds. The van der Waals surface area contributed by atoms with E-state index < -0.39 is 0 Å². The van der Waals surface area contributed by atoms with E-state index in [1.807, 2.05) is 28.6 Å². The van der Waals surface area contributed by atoms with Gasteiger partial charge in [0, 0.05) is 41.9 Å². The monoisotopic (exact) mass is 467 g/mol. The predicted molar refractivity (Wildman–Crippen MR) is 140 cm³/mol. The van der Waals surface area contributed by atoms with Crippen molar-refractivity contribution in [3.05, 3.63) is 71.3 Å². The SMILES string of the molecule is Cc1cc(-c2[nH]c3ccc(C4CCN(Cc5ccn(C)n5)CC4)cc3c2C(C)C)cc2cnnn12. The average Bonchev–Trinajstić information content (AvgIpc) is 3.57. The lowest BCUT2D eigenvalue weighted by Gasteiger charge is -2.31. The van der Waals surface area contributed by atoms with Crippen LogP contribution in [0, 0.1) is 6.92 Å². The van der Waals surface area contributed by atoms with Crippen molar-refractivity contribution in [3.8, 4) is 11.3 Å². The highest BCUT2D eigenvalue weighted by atomic mass is 15.4. The van der Waals surface area contributed by atoms with Crippen molar-refractivity contribution in [2.45, 2.75) is 52.0 Å². The lowest BCUT2D eigenvalue weighted by Crippen LogP contribution is -2.32. The van der Waals surface area contributed by atoms with E-state index >= 15 is 0 Å². The number of hydrogen-bond donors (Lipinski definition) is 1. The fourth-order valence-corrected chi connectivity index (χ4v) is 5.76. The van der Waals surface area contributed by atoms with Crippen LogP contribution in [0.2, 0.25) is 0 Å². The molecule has 5 aromatic rings. The summed E-state index contributed by atoms with van der Waals surface area (Å²) in [6.07, 6.45) is 6.24. The van der Waals surface area contributed by atoms with Crippen LogP contribution in [-0.2, 0) is 13.6 Å². The van der Waals surface area contributed by atoms with Gasteiger partial charge in [-0.3, -0.25) is 9.58 Å². The minimum absolute atomic E-state index is 0.411. The van der Waals surface area contributed by atoms with Crippen LogP contribution in [0.5, 0.6) is 0 Å². The second-order valence-corrected chi connectivity index (χ2v) is 10.4. The zero-order valence-electron chi connectivity index (χ0n) is 21.0. The normalized spacial score (nSPS) is 15.7. The molecule has 1 saturated heterocycles. The van der Waals surface area contributed by atoms with Gasteiger partial charge in [0.1, 0.15) is 0 Å². The number of H-pyrrole nitrogens is 1. The number of likely N-dealkylation sites (tertiary alicyclic amines) is 1. The molecule has 6 rings (SSSR count). The summed E-state index contributed by atoms with van der Waals surface area (Å²) in [5.41, 5.74) is 9.75. The number of aromatic amines is 1. The van der Waals surface area contributed by atoms with E-state index in [0.29, 0.717) is 11.8 Å². The molecule has 180 valence electrons. The molecule has 1 fully saturated rings. The predicted octanol–water partition coefficient (Wildman–Crippen LogP) is 5.42. The van der Waals surface area contributed by atoms with E-state index in [-0.39, 0.29) is 0 Å². The number of benzene rings is 1. The van der Waals surface area contributed by atoms with Crippen molar-refractivity contribution < 1.29 is 0 Å². The van der Waals surface area contributed by atoms with Crippen molar-refractivity contribution in [2.75, 3.05) is 13.1 Å². The molecule has 1 N–H and O–H groups in total. The highest BCUT2D eigenvalue weighted by Gasteiger charge is 2.23. The van der Waals surface area contributed by atoms with Gasteiger partial charge in [0.2, 0.25) is 0 Å². The molecular formula is C28H33N7. The van der Waals surface area contributed by atoms with E-state index in [2.05, 4.69) is 82.5 Å². The Balaban J connectivity index is 1.29. The summed E-state index contributed by atoms with van der Waals surface area (Å²) in [5.74, 6) is 1.02. The standard InChI is InChI=1S/C28H33N7/c1-18(2)27-25-15-21(20-7-11-34(12-8-20)17-23-9-10-33(4)31-23)5-6-26(25)30-28(27)22-13-19(3)35-24(14-22)16-29-32-35/h5-6,9-10,13-16,18,20,30H,7-8,11-12,17H2,1-4H3. The first kappa shape index (κ1) is 22.0. The van der Waals surface area contributed by atoms with E-state index in [1.54, 1.807) is 0 Å². The lowest BCUT2D eigenvalue weighted by atomic mass is 9.87. The highest BCUT2D eigenvalue weighted by molar-refractivity contribution is 5.92. The molecule has 0 spiro atoms. The molecule has 0 bridgehead atoms. The number of rotatable bonds is 5. The summed E-state index contributed by atoms with van der Waals surface area (Å²) < 4.78 is 3.78. The van der Waals surface area contributed by atoms with Crippen molar-refractivity contribution in [2.24, 2.45) is 7.05 Å². The average molecular weight is 468 g/mol. The third-order valence-corrected chi connectivity index (χ3v) is 7.52. The number of pyridine rings is 1. The number of aromatic nitrogens is 6. The smallest absolute Gasteiger partial charge is 0.0874 e. The van der Waals surface area contributed by atoms with Gasteiger partial charge in [0.25, 0.3) is 0 Å². The van der Waals surface area contributed by atoms with Gasteiger partial charge in [-0.2, -0.15) is 5.10 Å². The zero-order chi connectivity index (χ0) is 24.1. The number of nitrogens with zero attached hydrogens (tertiary/aromatic N) is 6. The van der Waals surface area contributed by atoms with Gasteiger partial charge in [-0.1, -0.05) is 25.1 Å². The van der Waals surface area contributed by atoms with Gasteiger partial charge in [-0.25, -0.2) is 4.52 Å². The molecule has 7 nitrogen and oxygen atoms in total. The highest BCUT2D eigenvalue weighted by Crippen LogP contribution is 2.38. The molecule has 1 aromatic carbocycles. The fourth-order valence-electron chi connectivity index (χ4n) is 5.76. The van der Waals surface area contributed by atoms with Crippen molar-refractivity contribution >= 4 is 16.4 Å². The van der Waals surface area contributed by atoms with Crippen LogP contribution in [0.25, 0.3) is 27.7 Å². The Labute approximate surface area is 205 Å². The lowest BCUT2D eigenvalue weighted by molar-refractivity contribution is 0.202. The Morgan fingerprint density at radius 2 is 1.91 bits per heavy atom. The van der Waals surface area contributed by atoms with Crippen LogP contribution in [0.1, 0.15) is 61.0 Å². The van der Waals surface area contributed by atoms with Crippen LogP contribution >= 0.6 is 0 Å². The largest absolute Gasteiger partial charge is 0.354 e. The molecule has 0 unspecified atom stereocenters. The minimum Gasteiger partial charge on any atom is -0.354 e. The molecule has 35 heavy (non-hydrogen) atoms. The van der Waals surface area contributed by atoms with Gasteiger partial charge >= 0.3 is 0 Å². The van der Waals surface area contributed by atoms with Crippen LogP contribution < -0.4 is 0 Å². The molecule has 0 atom stereocenters. The summed E-state index contributed by atoms with van der Waals surface area (Å²) in [4.78, 5) is 6.28. The second-order valence-electron chi connectivity index (χ2n) is 10.4. The molecule has 0 aliphatic carbocycles. The molecule has 1 aliphatic rings. The van der Waals surface area contributed by atoms with Crippen molar-refractivity contribution in [1.29, 1.82) is 0 Å².